The van der Waals surface area contributed by atoms with Crippen molar-refractivity contribution >= 4 is 75.8 Å². The van der Waals surface area contributed by atoms with Gasteiger partial charge in [0.1, 0.15) is 6.04 Å². The first kappa shape index (κ1) is 29.0. The molecule has 198 valence electrons. The van der Waals surface area contributed by atoms with Gasteiger partial charge < -0.3 is 10.1 Å². The SMILES string of the molecule is CC(C)C[C@@H](C(=O)OCC(=O)Nc1cccc(C(F)(F)F)c1)N1C(=O)c2c(Cl)c(Cl)c(Cl)c(Cl)c2C1=O. The van der Waals surface area contributed by atoms with E-state index in [1.807, 2.05) is 0 Å². The summed E-state index contributed by atoms with van der Waals surface area (Å²) in [6, 6.07) is 2.38. The minimum Gasteiger partial charge on any atom is -0.454 e. The largest absolute Gasteiger partial charge is 0.454 e. The molecule has 14 heteroatoms. The fourth-order valence-electron chi connectivity index (χ4n) is 3.61. The number of halogens is 7. The monoisotopic (exact) mass is 598 g/mol. The van der Waals surface area contributed by atoms with Crippen LogP contribution in [0.25, 0.3) is 0 Å². The number of amides is 3. The van der Waals surface area contributed by atoms with Crippen molar-refractivity contribution < 1.29 is 37.1 Å². The molecule has 0 fully saturated rings. The number of fused-ring (bicyclic) bond motifs is 1. The summed E-state index contributed by atoms with van der Waals surface area (Å²) < 4.78 is 43.7. The van der Waals surface area contributed by atoms with Crippen LogP contribution < -0.4 is 5.32 Å². The molecule has 0 spiro atoms. The molecular formula is C23H17Cl4F3N2O5. The van der Waals surface area contributed by atoms with Crippen molar-refractivity contribution in [1.82, 2.24) is 4.90 Å². The van der Waals surface area contributed by atoms with Gasteiger partial charge in [0.05, 0.1) is 36.8 Å². The quantitative estimate of drug-likeness (QED) is 0.169. The maximum Gasteiger partial charge on any atom is 0.416 e. The minimum atomic E-state index is -4.62. The number of carbonyl (C=O) groups excluding carboxylic acids is 4. The summed E-state index contributed by atoms with van der Waals surface area (Å²) in [5.74, 6) is -4.18. The molecule has 0 unspecified atom stereocenters. The molecule has 3 rings (SSSR count). The number of benzene rings is 2. The molecule has 2 aromatic carbocycles. The molecule has 0 saturated heterocycles. The summed E-state index contributed by atoms with van der Waals surface area (Å²) >= 11 is 24.3. The number of nitrogens with zero attached hydrogens (tertiary/aromatic N) is 1. The molecule has 7 nitrogen and oxygen atoms in total. The highest BCUT2D eigenvalue weighted by Gasteiger charge is 2.47. The van der Waals surface area contributed by atoms with Crippen LogP contribution in [0, 0.1) is 5.92 Å². The Bertz CT molecular complexity index is 1250. The van der Waals surface area contributed by atoms with E-state index in [-0.39, 0.29) is 49.2 Å². The second-order valence-corrected chi connectivity index (χ2v) is 9.88. The Morgan fingerprint density at radius 1 is 0.973 bits per heavy atom. The minimum absolute atomic E-state index is 0.0454. The van der Waals surface area contributed by atoms with Crippen molar-refractivity contribution in [3.05, 3.63) is 61.0 Å². The van der Waals surface area contributed by atoms with Crippen molar-refractivity contribution in [3.63, 3.8) is 0 Å². The van der Waals surface area contributed by atoms with Crippen LogP contribution >= 0.6 is 46.4 Å². The summed E-state index contributed by atoms with van der Waals surface area (Å²) in [6.07, 6.45) is -4.67. The van der Waals surface area contributed by atoms with Gasteiger partial charge in [0, 0.05) is 5.69 Å². The zero-order valence-corrected chi connectivity index (χ0v) is 22.0. The molecule has 0 radical (unpaired) electrons. The van der Waals surface area contributed by atoms with Gasteiger partial charge in [0.15, 0.2) is 6.61 Å². The predicted molar refractivity (Wildman–Crippen MR) is 131 cm³/mol. The fraction of sp³-hybridized carbons (Fsp3) is 0.304. The smallest absolute Gasteiger partial charge is 0.416 e. The van der Waals surface area contributed by atoms with Crippen molar-refractivity contribution in [3.8, 4) is 0 Å². The van der Waals surface area contributed by atoms with Crippen LogP contribution in [0.2, 0.25) is 20.1 Å². The molecule has 1 aliphatic heterocycles. The first-order valence-electron chi connectivity index (χ1n) is 10.5. The van der Waals surface area contributed by atoms with Gasteiger partial charge in [-0.1, -0.05) is 66.3 Å². The average Bonchev–Trinajstić information content (AvgIpc) is 3.07. The lowest BCUT2D eigenvalue weighted by molar-refractivity contribution is -0.151. The molecule has 2 aromatic rings. The Morgan fingerprint density at radius 2 is 1.51 bits per heavy atom. The van der Waals surface area contributed by atoms with Gasteiger partial charge in [-0.3, -0.25) is 19.3 Å². The standard InChI is InChI=1S/C23H17Cl4F3N2O5/c1-9(2)6-12(32-20(34)14-15(21(32)35)17(25)19(27)18(26)16(14)24)22(36)37-8-13(33)31-11-5-3-4-10(7-11)23(28,29)30/h3-5,7,9,12H,6,8H2,1-2H3,(H,31,33)/t12-/m0/s1. The van der Waals surface area contributed by atoms with E-state index >= 15 is 0 Å². The van der Waals surface area contributed by atoms with Crippen LogP contribution in [0.3, 0.4) is 0 Å². The first-order chi connectivity index (χ1) is 17.1. The number of esters is 1. The second-order valence-electron chi connectivity index (χ2n) is 8.37. The van der Waals surface area contributed by atoms with Gasteiger partial charge in [-0.2, -0.15) is 13.2 Å². The number of imide groups is 1. The first-order valence-corrected chi connectivity index (χ1v) is 12.0. The Labute approximate surface area is 228 Å². The van der Waals surface area contributed by atoms with Crippen molar-refractivity contribution in [2.45, 2.75) is 32.5 Å². The number of ether oxygens (including phenoxy) is 1. The summed E-state index contributed by atoms with van der Waals surface area (Å²) in [4.78, 5) is 52.1. The van der Waals surface area contributed by atoms with E-state index in [1.165, 1.54) is 6.07 Å². The molecule has 1 heterocycles. The summed E-state index contributed by atoms with van der Waals surface area (Å²) in [5, 5.41) is 1.07. The van der Waals surface area contributed by atoms with E-state index in [9.17, 15) is 32.3 Å². The third kappa shape index (κ3) is 5.98. The normalized spacial score (nSPS) is 14.2. The van der Waals surface area contributed by atoms with E-state index in [0.29, 0.717) is 11.0 Å². The molecule has 1 aliphatic rings. The lowest BCUT2D eigenvalue weighted by atomic mass is 10.0. The van der Waals surface area contributed by atoms with Crippen molar-refractivity contribution in [2.75, 3.05) is 11.9 Å². The van der Waals surface area contributed by atoms with Crippen molar-refractivity contribution in [1.29, 1.82) is 0 Å². The molecule has 3 amide bonds. The number of hydrogen-bond donors (Lipinski definition) is 1. The second kappa shape index (κ2) is 11.1. The third-order valence-electron chi connectivity index (χ3n) is 5.23. The molecule has 0 aromatic heterocycles. The molecule has 37 heavy (non-hydrogen) atoms. The highest BCUT2D eigenvalue weighted by Crippen LogP contribution is 2.45. The zero-order valence-electron chi connectivity index (χ0n) is 19.0. The number of nitrogens with one attached hydrogen (secondary N) is 1. The molecule has 1 atom stereocenters. The Morgan fingerprint density at radius 3 is 2.00 bits per heavy atom. The topological polar surface area (TPSA) is 92.8 Å². The van der Waals surface area contributed by atoms with Crippen LogP contribution in [-0.4, -0.2) is 41.2 Å². The Balaban J connectivity index is 1.80. The number of rotatable bonds is 7. The van der Waals surface area contributed by atoms with Gasteiger partial charge >= 0.3 is 12.1 Å². The highest BCUT2D eigenvalue weighted by atomic mass is 35.5. The van der Waals surface area contributed by atoms with Crippen LogP contribution in [0.1, 0.15) is 46.5 Å². The zero-order chi connectivity index (χ0) is 27.8. The summed E-state index contributed by atoms with van der Waals surface area (Å²) in [5.41, 5.74) is -1.81. The van der Waals surface area contributed by atoms with Crippen LogP contribution in [0.4, 0.5) is 18.9 Å². The van der Waals surface area contributed by atoms with E-state index < -0.39 is 48.1 Å². The molecule has 1 N–H and O–H groups in total. The van der Waals surface area contributed by atoms with Gasteiger partial charge in [0.25, 0.3) is 17.7 Å². The fourth-order valence-corrected chi connectivity index (χ4v) is 4.62. The summed E-state index contributed by atoms with van der Waals surface area (Å²) in [7, 11) is 0. The highest BCUT2D eigenvalue weighted by molar-refractivity contribution is 6.55. The lowest BCUT2D eigenvalue weighted by Crippen LogP contribution is -2.47. The van der Waals surface area contributed by atoms with E-state index in [0.717, 1.165) is 12.1 Å². The molecular weight excluding hydrogens is 583 g/mol. The molecule has 0 bridgehead atoms. The van der Waals surface area contributed by atoms with Crippen LogP contribution in [0.5, 0.6) is 0 Å². The number of alkyl halides is 3. The van der Waals surface area contributed by atoms with Crippen molar-refractivity contribution in [2.24, 2.45) is 5.92 Å². The lowest BCUT2D eigenvalue weighted by Gasteiger charge is -2.26. The average molecular weight is 600 g/mol. The molecule has 0 saturated carbocycles. The van der Waals surface area contributed by atoms with Gasteiger partial charge in [-0.15, -0.1) is 0 Å². The van der Waals surface area contributed by atoms with Crippen LogP contribution in [-0.2, 0) is 20.5 Å². The van der Waals surface area contributed by atoms with Gasteiger partial charge in [-0.05, 0) is 30.5 Å². The van der Waals surface area contributed by atoms with E-state index in [1.54, 1.807) is 13.8 Å². The third-order valence-corrected chi connectivity index (χ3v) is 7.03. The Hall–Kier alpha value is -2.53. The molecule has 0 aliphatic carbocycles. The predicted octanol–water partition coefficient (Wildman–Crippen LogP) is 6.51. The number of hydrogen-bond acceptors (Lipinski definition) is 5. The van der Waals surface area contributed by atoms with Gasteiger partial charge in [0.2, 0.25) is 0 Å². The van der Waals surface area contributed by atoms with E-state index in [4.69, 9.17) is 51.1 Å². The number of carbonyl (C=O) groups is 4. The van der Waals surface area contributed by atoms with Gasteiger partial charge in [-0.25, -0.2) is 4.79 Å². The number of anilines is 1. The Kier molecular flexibility index (Phi) is 8.68. The van der Waals surface area contributed by atoms with E-state index in [2.05, 4.69) is 5.32 Å². The summed E-state index contributed by atoms with van der Waals surface area (Å²) in [6.45, 7) is 2.53. The van der Waals surface area contributed by atoms with Crippen LogP contribution in [0.15, 0.2) is 24.3 Å². The maximum atomic E-state index is 13.1. The maximum absolute atomic E-state index is 13.1.